The fourth-order valence-corrected chi connectivity index (χ4v) is 5.39. The molecule has 0 unspecified atom stereocenters. The van der Waals surface area contributed by atoms with Gasteiger partial charge in [0.05, 0.1) is 11.2 Å². The Balaban J connectivity index is 1.41. The number of anilines is 1. The number of aromatic nitrogens is 4. The van der Waals surface area contributed by atoms with E-state index in [1.165, 1.54) is 0 Å². The number of rotatable bonds is 4. The van der Waals surface area contributed by atoms with Crippen molar-refractivity contribution in [3.05, 3.63) is 78.9 Å². The fraction of sp³-hybridized carbons (Fsp3) is 0.241. The Morgan fingerprint density at radius 2 is 1.75 bits per heavy atom. The van der Waals surface area contributed by atoms with E-state index in [-0.39, 0.29) is 11.9 Å². The van der Waals surface area contributed by atoms with Gasteiger partial charge in [0.15, 0.2) is 0 Å². The van der Waals surface area contributed by atoms with Crippen molar-refractivity contribution < 1.29 is 4.79 Å². The predicted octanol–water partition coefficient (Wildman–Crippen LogP) is 5.36. The van der Waals surface area contributed by atoms with Crippen LogP contribution < -0.4 is 11.1 Å². The van der Waals surface area contributed by atoms with Crippen molar-refractivity contribution in [1.29, 1.82) is 0 Å². The molecule has 7 nitrogen and oxygen atoms in total. The van der Waals surface area contributed by atoms with Crippen LogP contribution in [-0.2, 0) is 4.79 Å². The number of hydrogen-bond donors (Lipinski definition) is 2. The minimum absolute atomic E-state index is 0.0335. The van der Waals surface area contributed by atoms with Crippen LogP contribution in [0.1, 0.15) is 44.3 Å². The second-order valence-electron chi connectivity index (χ2n) is 9.57. The minimum atomic E-state index is 0.0335. The summed E-state index contributed by atoms with van der Waals surface area (Å²) >= 11 is 0. The number of nitrogens with two attached hydrogens (primary N) is 1. The highest BCUT2D eigenvalue weighted by atomic mass is 16.1. The third-order valence-electron chi connectivity index (χ3n) is 7.15. The van der Waals surface area contributed by atoms with Gasteiger partial charge in [0, 0.05) is 47.8 Å². The largest absolute Gasteiger partial charge is 0.382 e. The summed E-state index contributed by atoms with van der Waals surface area (Å²) in [5.74, 6) is 1.79. The predicted molar refractivity (Wildman–Crippen MR) is 142 cm³/mol. The lowest BCUT2D eigenvalue weighted by molar-refractivity contribution is -0.119. The molecule has 6 rings (SSSR count). The van der Waals surface area contributed by atoms with Crippen molar-refractivity contribution in [2.75, 3.05) is 5.73 Å². The highest BCUT2D eigenvalue weighted by Crippen LogP contribution is 2.37. The lowest BCUT2D eigenvalue weighted by Crippen LogP contribution is -2.36. The highest BCUT2D eigenvalue weighted by molar-refractivity contribution is 5.91. The second-order valence-corrected chi connectivity index (χ2v) is 9.57. The first-order chi connectivity index (χ1) is 17.6. The van der Waals surface area contributed by atoms with Crippen LogP contribution in [0.15, 0.2) is 73.1 Å². The quantitative estimate of drug-likeness (QED) is 0.364. The Hall–Kier alpha value is -4.26. The number of amides is 1. The topological polar surface area (TPSA) is 98.2 Å². The number of carbonyl (C=O) groups excluding carboxylic acids is 1. The lowest BCUT2D eigenvalue weighted by Gasteiger charge is -2.28. The van der Waals surface area contributed by atoms with Gasteiger partial charge in [-0.2, -0.15) is 0 Å². The molecule has 0 saturated heterocycles. The molecule has 7 heteroatoms. The molecule has 36 heavy (non-hydrogen) atoms. The standard InChI is InChI=1S/C29H28N6O/c1-18(36)32-23-12-9-21(10-13-23)29-34-26(27-28(30)31-15-16-35(27)29)22-8-7-20-11-14-24(33-25(20)17-22)19-5-3-2-4-6-19/h2-8,11,14-17,21,23H,9-10,12-13H2,1H3,(H2,30,31)(H,32,36). The van der Waals surface area contributed by atoms with E-state index in [0.29, 0.717) is 11.7 Å². The zero-order chi connectivity index (χ0) is 24.6. The molecule has 3 heterocycles. The number of benzene rings is 2. The molecule has 1 saturated carbocycles. The molecule has 3 N–H and O–H groups in total. The summed E-state index contributed by atoms with van der Waals surface area (Å²) in [6, 6.07) is 20.9. The fourth-order valence-electron chi connectivity index (χ4n) is 5.39. The van der Waals surface area contributed by atoms with Gasteiger partial charge in [-0.25, -0.2) is 15.0 Å². The van der Waals surface area contributed by atoms with Gasteiger partial charge >= 0.3 is 0 Å². The molecule has 180 valence electrons. The molecule has 3 aromatic heterocycles. The van der Waals surface area contributed by atoms with E-state index in [9.17, 15) is 4.79 Å². The van der Waals surface area contributed by atoms with E-state index in [1.54, 1.807) is 13.1 Å². The molecule has 0 bridgehead atoms. The van der Waals surface area contributed by atoms with Crippen molar-refractivity contribution in [2.24, 2.45) is 0 Å². The van der Waals surface area contributed by atoms with Crippen LogP contribution in [0.3, 0.4) is 0 Å². The maximum Gasteiger partial charge on any atom is 0.217 e. The van der Waals surface area contributed by atoms with Gasteiger partial charge in [-0.1, -0.05) is 48.5 Å². The van der Waals surface area contributed by atoms with Crippen LogP contribution >= 0.6 is 0 Å². The minimum Gasteiger partial charge on any atom is -0.382 e. The number of nitrogen functional groups attached to an aromatic ring is 1. The summed E-state index contributed by atoms with van der Waals surface area (Å²) in [4.78, 5) is 25.9. The zero-order valence-corrected chi connectivity index (χ0v) is 20.2. The Labute approximate surface area is 209 Å². The molecule has 1 fully saturated rings. The van der Waals surface area contributed by atoms with Gasteiger partial charge in [0.2, 0.25) is 5.91 Å². The van der Waals surface area contributed by atoms with Crippen LogP contribution in [0.25, 0.3) is 38.9 Å². The Kier molecular flexibility index (Phi) is 5.60. The maximum atomic E-state index is 11.5. The molecule has 5 aromatic rings. The molecule has 1 amide bonds. The normalized spacial score (nSPS) is 17.9. The molecule has 0 spiro atoms. The van der Waals surface area contributed by atoms with Crippen molar-refractivity contribution in [2.45, 2.75) is 44.6 Å². The van der Waals surface area contributed by atoms with Crippen LogP contribution in [0.4, 0.5) is 5.82 Å². The third-order valence-corrected chi connectivity index (χ3v) is 7.15. The molecular weight excluding hydrogens is 448 g/mol. The third kappa shape index (κ3) is 4.06. The number of pyridine rings is 1. The molecule has 1 aliphatic rings. The Morgan fingerprint density at radius 3 is 2.53 bits per heavy atom. The zero-order valence-electron chi connectivity index (χ0n) is 20.2. The van der Waals surface area contributed by atoms with E-state index < -0.39 is 0 Å². The summed E-state index contributed by atoms with van der Waals surface area (Å²) in [5.41, 5.74) is 12.0. The monoisotopic (exact) mass is 476 g/mol. The lowest BCUT2D eigenvalue weighted by atomic mass is 9.85. The number of hydrogen-bond acceptors (Lipinski definition) is 5. The van der Waals surface area contributed by atoms with Gasteiger partial charge in [0.25, 0.3) is 0 Å². The van der Waals surface area contributed by atoms with E-state index in [1.807, 2.05) is 24.4 Å². The van der Waals surface area contributed by atoms with E-state index in [4.69, 9.17) is 15.7 Å². The van der Waals surface area contributed by atoms with Crippen LogP contribution in [0.2, 0.25) is 0 Å². The highest BCUT2D eigenvalue weighted by Gasteiger charge is 2.28. The molecule has 0 aliphatic heterocycles. The number of imidazole rings is 1. The first-order valence-electron chi connectivity index (χ1n) is 12.4. The van der Waals surface area contributed by atoms with Crippen LogP contribution in [-0.4, -0.2) is 31.3 Å². The maximum absolute atomic E-state index is 11.5. The number of carbonyl (C=O) groups is 1. The van der Waals surface area contributed by atoms with Crippen molar-refractivity contribution in [1.82, 2.24) is 24.7 Å². The first-order valence-corrected chi connectivity index (χ1v) is 12.4. The van der Waals surface area contributed by atoms with Gasteiger partial charge in [0.1, 0.15) is 22.9 Å². The smallest absolute Gasteiger partial charge is 0.217 e. The van der Waals surface area contributed by atoms with E-state index in [0.717, 1.165) is 70.4 Å². The summed E-state index contributed by atoms with van der Waals surface area (Å²) < 4.78 is 2.10. The average Bonchev–Trinajstić information content (AvgIpc) is 3.30. The number of nitrogens with one attached hydrogen (secondary N) is 1. The van der Waals surface area contributed by atoms with Crippen molar-refractivity contribution in [3.8, 4) is 22.5 Å². The average molecular weight is 477 g/mol. The van der Waals surface area contributed by atoms with Crippen LogP contribution in [0.5, 0.6) is 0 Å². The molecular formula is C29H28N6O. The molecule has 0 radical (unpaired) electrons. The summed E-state index contributed by atoms with van der Waals surface area (Å²) in [6.45, 7) is 1.58. The number of nitrogens with zero attached hydrogens (tertiary/aromatic N) is 4. The van der Waals surface area contributed by atoms with Crippen molar-refractivity contribution in [3.63, 3.8) is 0 Å². The SMILES string of the molecule is CC(=O)NC1CCC(c2nc(-c3ccc4ccc(-c5ccccc5)nc4c3)c3c(N)nccn23)CC1. The molecule has 2 aromatic carbocycles. The Bertz CT molecular complexity index is 1570. The Morgan fingerprint density at radius 1 is 0.972 bits per heavy atom. The first kappa shape index (κ1) is 22.2. The van der Waals surface area contributed by atoms with Gasteiger partial charge < -0.3 is 11.1 Å². The van der Waals surface area contributed by atoms with Gasteiger partial charge in [-0.05, 0) is 37.8 Å². The molecule has 0 atom stereocenters. The molecule has 1 aliphatic carbocycles. The van der Waals surface area contributed by atoms with E-state index >= 15 is 0 Å². The van der Waals surface area contributed by atoms with Crippen LogP contribution in [0, 0.1) is 0 Å². The van der Waals surface area contributed by atoms with Crippen molar-refractivity contribution >= 4 is 28.1 Å². The number of fused-ring (bicyclic) bond motifs is 2. The summed E-state index contributed by atoms with van der Waals surface area (Å²) in [5, 5.41) is 4.13. The van der Waals surface area contributed by atoms with Gasteiger partial charge in [-0.3, -0.25) is 9.20 Å². The summed E-state index contributed by atoms with van der Waals surface area (Å²) in [6.07, 6.45) is 7.49. The summed E-state index contributed by atoms with van der Waals surface area (Å²) in [7, 11) is 0. The second kappa shape index (κ2) is 9.07. The van der Waals surface area contributed by atoms with E-state index in [2.05, 4.69) is 57.2 Å². The van der Waals surface area contributed by atoms with Gasteiger partial charge in [-0.15, -0.1) is 0 Å².